The van der Waals surface area contributed by atoms with Gasteiger partial charge in [-0.05, 0) is 32.0 Å². The van der Waals surface area contributed by atoms with E-state index in [9.17, 15) is 4.79 Å². The highest BCUT2D eigenvalue weighted by Gasteiger charge is 2.26. The van der Waals surface area contributed by atoms with Crippen molar-refractivity contribution in [1.29, 1.82) is 0 Å². The molecule has 0 aliphatic heterocycles. The monoisotopic (exact) mass is 269 g/mol. The molecule has 5 heteroatoms. The van der Waals surface area contributed by atoms with Crippen molar-refractivity contribution in [2.45, 2.75) is 39.3 Å². The van der Waals surface area contributed by atoms with Crippen molar-refractivity contribution in [2.24, 2.45) is 11.5 Å². The maximum atomic E-state index is 11.2. The normalized spacial score (nSPS) is 14.7. The third-order valence-electron chi connectivity index (χ3n) is 3.09. The van der Waals surface area contributed by atoms with Gasteiger partial charge in [-0.2, -0.15) is 0 Å². The number of nitrogens with zero attached hydrogens (tertiary/aromatic N) is 1. The zero-order valence-corrected chi connectivity index (χ0v) is 12.2. The molecule has 0 bridgehead atoms. The Kier molecular flexibility index (Phi) is 5.78. The number of nitrogens with two attached hydrogens (primary N) is 2. The van der Waals surface area contributed by atoms with Gasteiger partial charge in [-0.3, -0.25) is 9.69 Å². The lowest BCUT2D eigenvalue weighted by Gasteiger charge is -2.33. The van der Waals surface area contributed by atoms with Gasteiger partial charge in [0, 0.05) is 15.8 Å². The molecule has 1 aromatic rings. The quantitative estimate of drug-likeness (QED) is 0.790. The highest BCUT2D eigenvalue weighted by atomic mass is 32.1. The van der Waals surface area contributed by atoms with Gasteiger partial charge in [-0.15, -0.1) is 11.3 Å². The standard InChI is InChI=1S/C13H23N3OS/c1-4-10(14)13(11-7-6-9(3)18-11)16(5-2)8-12(15)17/h6-7,10,13H,4-5,8,14H2,1-3H3,(H2,15,17). The SMILES string of the molecule is CCC(N)C(c1ccc(C)s1)N(CC)CC(N)=O. The molecule has 0 radical (unpaired) electrons. The first-order chi connectivity index (χ1) is 8.49. The van der Waals surface area contributed by atoms with Crippen LogP contribution in [0.5, 0.6) is 0 Å². The summed E-state index contributed by atoms with van der Waals surface area (Å²) in [7, 11) is 0. The average Bonchev–Trinajstić information content (AvgIpc) is 2.73. The van der Waals surface area contributed by atoms with Crippen LogP contribution >= 0.6 is 11.3 Å². The predicted octanol–water partition coefficient (Wildman–Crippen LogP) is 1.64. The Labute approximate surface area is 113 Å². The van der Waals surface area contributed by atoms with E-state index in [-0.39, 0.29) is 24.5 Å². The summed E-state index contributed by atoms with van der Waals surface area (Å²) in [6.45, 7) is 7.19. The fraction of sp³-hybridized carbons (Fsp3) is 0.615. The second-order valence-electron chi connectivity index (χ2n) is 4.49. The molecule has 2 atom stereocenters. The molecular formula is C13H23N3OS. The van der Waals surface area contributed by atoms with Gasteiger partial charge in [-0.25, -0.2) is 0 Å². The molecule has 4 nitrogen and oxygen atoms in total. The van der Waals surface area contributed by atoms with Crippen LogP contribution in [-0.2, 0) is 4.79 Å². The van der Waals surface area contributed by atoms with Crippen LogP contribution in [0.4, 0.5) is 0 Å². The average molecular weight is 269 g/mol. The molecule has 2 unspecified atom stereocenters. The molecule has 0 aromatic carbocycles. The Bertz CT molecular complexity index is 391. The van der Waals surface area contributed by atoms with Crippen molar-refractivity contribution < 1.29 is 4.79 Å². The van der Waals surface area contributed by atoms with E-state index in [4.69, 9.17) is 11.5 Å². The summed E-state index contributed by atoms with van der Waals surface area (Å²) in [5, 5.41) is 0. The van der Waals surface area contributed by atoms with E-state index < -0.39 is 0 Å². The van der Waals surface area contributed by atoms with Gasteiger partial charge in [0.15, 0.2) is 0 Å². The largest absolute Gasteiger partial charge is 0.369 e. The first-order valence-electron chi connectivity index (χ1n) is 6.33. The van der Waals surface area contributed by atoms with Gasteiger partial charge in [0.25, 0.3) is 0 Å². The summed E-state index contributed by atoms with van der Waals surface area (Å²) in [6.07, 6.45) is 0.872. The highest BCUT2D eigenvalue weighted by molar-refractivity contribution is 7.12. The molecule has 1 amide bonds. The number of thiophene rings is 1. The third kappa shape index (κ3) is 3.80. The van der Waals surface area contributed by atoms with Crippen molar-refractivity contribution in [1.82, 2.24) is 4.90 Å². The van der Waals surface area contributed by atoms with Crippen LogP contribution in [-0.4, -0.2) is 29.9 Å². The number of hydrogen-bond acceptors (Lipinski definition) is 4. The van der Waals surface area contributed by atoms with Crippen LogP contribution in [0.3, 0.4) is 0 Å². The minimum Gasteiger partial charge on any atom is -0.369 e. The summed E-state index contributed by atoms with van der Waals surface area (Å²) in [5.74, 6) is -0.307. The number of likely N-dealkylation sites (N-methyl/N-ethyl adjacent to an activating group) is 1. The molecule has 102 valence electrons. The number of amides is 1. The van der Waals surface area contributed by atoms with Gasteiger partial charge in [-0.1, -0.05) is 13.8 Å². The summed E-state index contributed by atoms with van der Waals surface area (Å²) >= 11 is 1.74. The molecule has 0 saturated heterocycles. The molecule has 0 saturated carbocycles. The van der Waals surface area contributed by atoms with E-state index in [1.807, 2.05) is 6.92 Å². The fourth-order valence-electron chi connectivity index (χ4n) is 2.10. The first-order valence-corrected chi connectivity index (χ1v) is 7.15. The smallest absolute Gasteiger partial charge is 0.231 e. The van der Waals surface area contributed by atoms with E-state index in [0.29, 0.717) is 0 Å². The maximum absolute atomic E-state index is 11.2. The number of carbonyl (C=O) groups is 1. The van der Waals surface area contributed by atoms with E-state index in [1.54, 1.807) is 11.3 Å². The van der Waals surface area contributed by atoms with Crippen molar-refractivity contribution in [3.8, 4) is 0 Å². The maximum Gasteiger partial charge on any atom is 0.231 e. The summed E-state index contributed by atoms with van der Waals surface area (Å²) in [6, 6.07) is 4.28. The van der Waals surface area contributed by atoms with Crippen molar-refractivity contribution in [2.75, 3.05) is 13.1 Å². The summed E-state index contributed by atoms with van der Waals surface area (Å²) < 4.78 is 0. The van der Waals surface area contributed by atoms with Gasteiger partial charge in [0.05, 0.1) is 12.6 Å². The lowest BCUT2D eigenvalue weighted by Crippen LogP contribution is -2.44. The third-order valence-corrected chi connectivity index (χ3v) is 4.16. The van der Waals surface area contributed by atoms with Crippen LogP contribution in [0, 0.1) is 6.92 Å². The minimum atomic E-state index is -0.307. The van der Waals surface area contributed by atoms with Crippen LogP contribution in [0.25, 0.3) is 0 Å². The molecule has 0 aliphatic rings. The van der Waals surface area contributed by atoms with Crippen molar-refractivity contribution >= 4 is 17.2 Å². The van der Waals surface area contributed by atoms with Crippen LogP contribution in [0.15, 0.2) is 12.1 Å². The molecule has 0 aliphatic carbocycles. The first kappa shape index (κ1) is 15.1. The lowest BCUT2D eigenvalue weighted by molar-refractivity contribution is -0.119. The summed E-state index contributed by atoms with van der Waals surface area (Å²) in [5.41, 5.74) is 11.5. The van der Waals surface area contributed by atoms with Crippen molar-refractivity contribution in [3.63, 3.8) is 0 Å². The van der Waals surface area contributed by atoms with Gasteiger partial charge in [0.1, 0.15) is 0 Å². The molecule has 0 spiro atoms. The van der Waals surface area contributed by atoms with Gasteiger partial charge < -0.3 is 11.5 Å². The van der Waals surface area contributed by atoms with E-state index >= 15 is 0 Å². The number of hydrogen-bond donors (Lipinski definition) is 2. The van der Waals surface area contributed by atoms with Gasteiger partial charge >= 0.3 is 0 Å². The predicted molar refractivity (Wildman–Crippen MR) is 76.5 cm³/mol. The van der Waals surface area contributed by atoms with E-state index in [0.717, 1.165) is 13.0 Å². The zero-order chi connectivity index (χ0) is 13.7. The topological polar surface area (TPSA) is 72.3 Å². The Morgan fingerprint density at radius 2 is 2.11 bits per heavy atom. The zero-order valence-electron chi connectivity index (χ0n) is 11.3. The van der Waals surface area contributed by atoms with Crippen molar-refractivity contribution in [3.05, 3.63) is 21.9 Å². The molecular weight excluding hydrogens is 246 g/mol. The Balaban J connectivity index is 2.99. The molecule has 1 heterocycles. The molecule has 4 N–H and O–H groups in total. The number of carbonyl (C=O) groups excluding carboxylic acids is 1. The Hall–Kier alpha value is -0.910. The second-order valence-corrected chi connectivity index (χ2v) is 5.81. The lowest BCUT2D eigenvalue weighted by atomic mass is 10.0. The second kappa shape index (κ2) is 6.87. The number of aryl methyl sites for hydroxylation is 1. The fourth-order valence-corrected chi connectivity index (χ4v) is 3.19. The Morgan fingerprint density at radius 1 is 1.44 bits per heavy atom. The van der Waals surface area contributed by atoms with E-state index in [1.165, 1.54) is 9.75 Å². The van der Waals surface area contributed by atoms with E-state index in [2.05, 4.69) is 30.9 Å². The van der Waals surface area contributed by atoms with Crippen LogP contribution in [0.1, 0.15) is 36.1 Å². The van der Waals surface area contributed by atoms with Crippen LogP contribution in [0.2, 0.25) is 0 Å². The summed E-state index contributed by atoms with van der Waals surface area (Å²) in [4.78, 5) is 15.7. The highest BCUT2D eigenvalue weighted by Crippen LogP contribution is 2.30. The Morgan fingerprint density at radius 3 is 2.50 bits per heavy atom. The number of primary amides is 1. The molecule has 0 fully saturated rings. The molecule has 1 rings (SSSR count). The minimum absolute atomic E-state index is 0.0161. The number of rotatable bonds is 7. The van der Waals surface area contributed by atoms with Crippen LogP contribution < -0.4 is 11.5 Å². The molecule has 1 aromatic heterocycles. The van der Waals surface area contributed by atoms with Gasteiger partial charge in [0.2, 0.25) is 5.91 Å². The molecule has 18 heavy (non-hydrogen) atoms.